The van der Waals surface area contributed by atoms with E-state index in [1.54, 1.807) is 11.3 Å². The van der Waals surface area contributed by atoms with Crippen molar-refractivity contribution in [2.45, 2.75) is 32.7 Å². The number of nitrogens with zero attached hydrogens (tertiary/aromatic N) is 3. The first-order chi connectivity index (χ1) is 10.0. The van der Waals surface area contributed by atoms with Crippen molar-refractivity contribution >= 4 is 46.3 Å². The van der Waals surface area contributed by atoms with E-state index in [9.17, 15) is 0 Å². The second kappa shape index (κ2) is 5.59. The summed E-state index contributed by atoms with van der Waals surface area (Å²) in [6, 6.07) is 4.12. The highest BCUT2D eigenvalue weighted by atomic mass is 35.5. The zero-order valence-corrected chi connectivity index (χ0v) is 14.6. The fourth-order valence-corrected chi connectivity index (χ4v) is 4.14. The normalized spacial score (nSPS) is 13.1. The van der Waals surface area contributed by atoms with E-state index in [1.807, 2.05) is 17.8 Å². The Labute approximate surface area is 137 Å². The van der Waals surface area contributed by atoms with Crippen molar-refractivity contribution in [1.82, 2.24) is 19.3 Å². The minimum atomic E-state index is 0.133. The van der Waals surface area contributed by atoms with Crippen LogP contribution in [-0.2, 0) is 13.5 Å². The summed E-state index contributed by atoms with van der Waals surface area (Å²) in [4.78, 5) is 4.51. The van der Waals surface area contributed by atoms with E-state index in [0.29, 0.717) is 0 Å². The Morgan fingerprint density at radius 3 is 2.86 bits per heavy atom. The van der Waals surface area contributed by atoms with Crippen molar-refractivity contribution in [3.8, 4) is 0 Å². The minimum absolute atomic E-state index is 0.133. The largest absolute Gasteiger partial charge is 0.328 e. The Hall–Kier alpha value is -1.11. The van der Waals surface area contributed by atoms with E-state index in [2.05, 4.69) is 34.6 Å². The van der Waals surface area contributed by atoms with Gasteiger partial charge in [0.05, 0.1) is 16.1 Å². The van der Waals surface area contributed by atoms with Crippen molar-refractivity contribution in [2.75, 3.05) is 0 Å². The van der Waals surface area contributed by atoms with Crippen LogP contribution in [-0.4, -0.2) is 19.3 Å². The molecular weight excluding hydrogens is 324 g/mol. The third-order valence-electron chi connectivity index (χ3n) is 3.65. The van der Waals surface area contributed by atoms with Crippen molar-refractivity contribution in [3.63, 3.8) is 0 Å². The van der Waals surface area contributed by atoms with Gasteiger partial charge in [0.1, 0.15) is 5.52 Å². The van der Waals surface area contributed by atoms with Crippen LogP contribution in [0.4, 0.5) is 0 Å². The third-order valence-corrected chi connectivity index (χ3v) is 5.35. The molecule has 1 atom stereocenters. The maximum Gasteiger partial charge on any atom is 0.179 e. The summed E-state index contributed by atoms with van der Waals surface area (Å²) in [5.74, 6) is 0. The van der Waals surface area contributed by atoms with Crippen LogP contribution < -0.4 is 0 Å². The molecule has 0 radical (unpaired) electrons. The Bertz CT molecular complexity index is 839. The quantitative estimate of drug-likeness (QED) is 0.698. The van der Waals surface area contributed by atoms with E-state index < -0.39 is 0 Å². The van der Waals surface area contributed by atoms with Gasteiger partial charge in [0.25, 0.3) is 0 Å². The molecular formula is C14H17ClN4S2. The molecule has 0 spiro atoms. The molecule has 3 aromatic rings. The van der Waals surface area contributed by atoms with Gasteiger partial charge in [0.2, 0.25) is 0 Å². The van der Waals surface area contributed by atoms with Crippen LogP contribution in [0.25, 0.3) is 11.2 Å². The number of aryl methyl sites for hydroxylation is 2. The lowest BCUT2D eigenvalue weighted by atomic mass is 10.2. The van der Waals surface area contributed by atoms with Gasteiger partial charge in [-0.15, -0.1) is 11.3 Å². The second-order valence-electron chi connectivity index (χ2n) is 5.14. The van der Waals surface area contributed by atoms with Crippen LogP contribution in [0, 0.1) is 4.77 Å². The van der Waals surface area contributed by atoms with Crippen LogP contribution in [0.2, 0.25) is 4.34 Å². The highest BCUT2D eigenvalue weighted by Crippen LogP contribution is 2.32. The van der Waals surface area contributed by atoms with Crippen LogP contribution in [0.5, 0.6) is 0 Å². The van der Waals surface area contributed by atoms with Crippen molar-refractivity contribution in [1.29, 1.82) is 0 Å². The van der Waals surface area contributed by atoms with Gasteiger partial charge in [0, 0.05) is 11.9 Å². The highest BCUT2D eigenvalue weighted by molar-refractivity contribution is 7.71. The zero-order valence-electron chi connectivity index (χ0n) is 12.2. The van der Waals surface area contributed by atoms with E-state index in [0.717, 1.165) is 38.8 Å². The predicted molar refractivity (Wildman–Crippen MR) is 91.0 cm³/mol. The molecule has 0 saturated heterocycles. The lowest BCUT2D eigenvalue weighted by Crippen LogP contribution is -2.08. The number of H-pyrrole nitrogens is 1. The average Bonchev–Trinajstić information content (AvgIpc) is 3.07. The molecule has 1 unspecified atom stereocenters. The fraction of sp³-hybridized carbons (Fsp3) is 0.429. The van der Waals surface area contributed by atoms with Gasteiger partial charge in [0.15, 0.2) is 10.4 Å². The second-order valence-corrected chi connectivity index (χ2v) is 7.27. The van der Waals surface area contributed by atoms with Gasteiger partial charge in [-0.1, -0.05) is 24.9 Å². The number of hydrogen-bond donors (Lipinski definition) is 1. The third kappa shape index (κ3) is 2.45. The lowest BCUT2D eigenvalue weighted by Gasteiger charge is -2.12. The van der Waals surface area contributed by atoms with E-state index in [4.69, 9.17) is 23.8 Å². The van der Waals surface area contributed by atoms with Crippen LogP contribution in [0.15, 0.2) is 12.1 Å². The van der Waals surface area contributed by atoms with Gasteiger partial charge in [-0.3, -0.25) is 9.25 Å². The van der Waals surface area contributed by atoms with E-state index in [-0.39, 0.29) is 6.04 Å². The summed E-state index contributed by atoms with van der Waals surface area (Å²) in [5.41, 5.74) is 3.18. The first-order valence-electron chi connectivity index (χ1n) is 6.94. The van der Waals surface area contributed by atoms with Crippen molar-refractivity contribution in [3.05, 3.63) is 31.8 Å². The van der Waals surface area contributed by atoms with Gasteiger partial charge in [-0.05, 0) is 37.7 Å². The summed E-state index contributed by atoms with van der Waals surface area (Å²) >= 11 is 13.2. The summed E-state index contributed by atoms with van der Waals surface area (Å²) in [5, 5.41) is 4.62. The van der Waals surface area contributed by atoms with Gasteiger partial charge < -0.3 is 4.98 Å². The number of rotatable bonds is 4. The fourth-order valence-electron chi connectivity index (χ4n) is 2.69. The van der Waals surface area contributed by atoms with E-state index >= 15 is 0 Å². The maximum atomic E-state index is 6.06. The monoisotopic (exact) mass is 340 g/mol. The molecule has 4 nitrogen and oxygen atoms in total. The number of aromatic nitrogens is 4. The molecule has 0 bridgehead atoms. The number of imidazole rings is 1. The molecule has 0 aliphatic rings. The first kappa shape index (κ1) is 14.8. The van der Waals surface area contributed by atoms with Gasteiger partial charge in [-0.2, -0.15) is 5.10 Å². The molecule has 3 rings (SSSR count). The molecule has 1 N–H and O–H groups in total. The molecule has 0 fully saturated rings. The topological polar surface area (TPSA) is 38.5 Å². The van der Waals surface area contributed by atoms with Crippen LogP contribution >= 0.6 is 35.2 Å². The Kier molecular flexibility index (Phi) is 3.94. The number of fused-ring (bicyclic) bond motifs is 1. The molecule has 21 heavy (non-hydrogen) atoms. The summed E-state index contributed by atoms with van der Waals surface area (Å²) < 4.78 is 5.57. The number of nitrogens with one attached hydrogen (secondary N) is 1. The molecule has 3 heterocycles. The Morgan fingerprint density at radius 2 is 2.24 bits per heavy atom. The predicted octanol–water partition coefficient (Wildman–Crippen LogP) is 4.71. The van der Waals surface area contributed by atoms with Crippen molar-refractivity contribution < 1.29 is 0 Å². The molecule has 112 valence electrons. The number of hydrogen-bond acceptors (Lipinski definition) is 3. The smallest absolute Gasteiger partial charge is 0.179 e. The Balaban J connectivity index is 2.18. The standard InChI is InChI=1S/C14H17ClN4S2/c1-4-5-9-12-13(18(3)17-9)19(14(20)16-12)8(2)10-6-7-11(15)21-10/h6-8H,4-5H2,1-3H3,(H,16,20). The van der Waals surface area contributed by atoms with Gasteiger partial charge in [-0.25, -0.2) is 0 Å². The molecule has 0 saturated carbocycles. The molecule has 0 aromatic carbocycles. The number of thiophene rings is 1. The zero-order chi connectivity index (χ0) is 15.1. The molecule has 0 amide bonds. The highest BCUT2D eigenvalue weighted by Gasteiger charge is 2.20. The summed E-state index contributed by atoms with van der Waals surface area (Å²) in [7, 11) is 1.97. The molecule has 3 aromatic heterocycles. The molecule has 0 aliphatic carbocycles. The number of aromatic amines is 1. The first-order valence-corrected chi connectivity index (χ1v) is 8.54. The summed E-state index contributed by atoms with van der Waals surface area (Å²) in [6.45, 7) is 4.29. The van der Waals surface area contributed by atoms with Crippen molar-refractivity contribution in [2.24, 2.45) is 7.05 Å². The van der Waals surface area contributed by atoms with Crippen LogP contribution in [0.1, 0.15) is 36.9 Å². The maximum absolute atomic E-state index is 6.06. The summed E-state index contributed by atoms with van der Waals surface area (Å²) in [6.07, 6.45) is 2.01. The average molecular weight is 341 g/mol. The van der Waals surface area contributed by atoms with Crippen LogP contribution in [0.3, 0.4) is 0 Å². The minimum Gasteiger partial charge on any atom is -0.328 e. The van der Waals surface area contributed by atoms with E-state index in [1.165, 1.54) is 4.88 Å². The molecule has 7 heteroatoms. The Morgan fingerprint density at radius 1 is 1.48 bits per heavy atom. The van der Waals surface area contributed by atoms with Gasteiger partial charge >= 0.3 is 0 Å². The lowest BCUT2D eigenvalue weighted by molar-refractivity contribution is 0.627. The molecule has 0 aliphatic heterocycles. The number of halogens is 1. The SMILES string of the molecule is CCCc1nn(C)c2c1[nH]c(=S)n2C(C)c1ccc(Cl)s1.